The van der Waals surface area contributed by atoms with Crippen molar-refractivity contribution in [1.82, 2.24) is 0 Å². The first kappa shape index (κ1) is 12.6. The summed E-state index contributed by atoms with van der Waals surface area (Å²) < 4.78 is 0. The van der Waals surface area contributed by atoms with Crippen LogP contribution in [0.5, 0.6) is 0 Å². The normalized spacial score (nSPS) is 19.0. The number of nitrogens with one attached hydrogen (secondary N) is 1. The molecule has 6 nitrogen and oxygen atoms in total. The highest BCUT2D eigenvalue weighted by molar-refractivity contribution is 5.64. The number of nitro groups is 1. The van der Waals surface area contributed by atoms with Crippen molar-refractivity contribution in [1.29, 1.82) is 0 Å². The Morgan fingerprint density at radius 3 is 2.89 bits per heavy atom. The van der Waals surface area contributed by atoms with Crippen LogP contribution in [0.4, 0.5) is 17.1 Å². The van der Waals surface area contributed by atoms with Crippen LogP contribution in [0.1, 0.15) is 13.3 Å². The molecule has 0 bridgehead atoms. The molecule has 0 aliphatic carbocycles. The summed E-state index contributed by atoms with van der Waals surface area (Å²) in [7, 11) is 0. The first-order valence-electron chi connectivity index (χ1n) is 6.06. The predicted octanol–water partition coefficient (Wildman–Crippen LogP) is 1.60. The number of aliphatic hydroxyl groups is 1. The van der Waals surface area contributed by atoms with Gasteiger partial charge in [-0.25, -0.2) is 0 Å². The molecule has 0 radical (unpaired) electrons. The number of non-ortho nitro benzene ring substituents is 1. The third kappa shape index (κ3) is 2.70. The van der Waals surface area contributed by atoms with Crippen LogP contribution in [0.15, 0.2) is 18.2 Å². The monoisotopic (exact) mass is 251 g/mol. The van der Waals surface area contributed by atoms with Crippen LogP contribution < -0.4 is 10.2 Å². The van der Waals surface area contributed by atoms with Crippen molar-refractivity contribution < 1.29 is 10.0 Å². The van der Waals surface area contributed by atoms with Crippen LogP contribution in [-0.2, 0) is 0 Å². The topological polar surface area (TPSA) is 78.6 Å². The predicted molar refractivity (Wildman–Crippen MR) is 70.1 cm³/mol. The Hall–Kier alpha value is -1.82. The summed E-state index contributed by atoms with van der Waals surface area (Å²) >= 11 is 0. The van der Waals surface area contributed by atoms with Crippen molar-refractivity contribution >= 4 is 17.1 Å². The van der Waals surface area contributed by atoms with Gasteiger partial charge in [0.15, 0.2) is 0 Å². The van der Waals surface area contributed by atoms with Crippen molar-refractivity contribution in [2.24, 2.45) is 0 Å². The van der Waals surface area contributed by atoms with Crippen LogP contribution in [-0.4, -0.2) is 35.8 Å². The average Bonchev–Trinajstić information content (AvgIpc) is 2.76. The van der Waals surface area contributed by atoms with Crippen LogP contribution in [0.25, 0.3) is 0 Å². The summed E-state index contributed by atoms with van der Waals surface area (Å²) in [5.41, 5.74) is 1.60. The first-order valence-corrected chi connectivity index (χ1v) is 6.06. The molecular formula is C12H17N3O3. The number of benzene rings is 1. The molecule has 1 unspecified atom stereocenters. The summed E-state index contributed by atoms with van der Waals surface area (Å²) in [5.74, 6) is 0. The van der Waals surface area contributed by atoms with Crippen LogP contribution in [0.3, 0.4) is 0 Å². The number of hydrogen-bond donors (Lipinski definition) is 2. The Bertz CT molecular complexity index is 450. The molecule has 1 aliphatic heterocycles. The lowest BCUT2D eigenvalue weighted by atomic mass is 10.2. The minimum Gasteiger partial charge on any atom is -0.391 e. The molecule has 1 saturated heterocycles. The molecule has 1 atom stereocenters. The van der Waals surface area contributed by atoms with E-state index in [9.17, 15) is 15.2 Å². The second kappa shape index (κ2) is 5.22. The molecule has 1 aromatic rings. The van der Waals surface area contributed by atoms with Crippen molar-refractivity contribution in [3.8, 4) is 0 Å². The lowest BCUT2D eigenvalue weighted by Gasteiger charge is -2.18. The molecule has 1 aliphatic rings. The van der Waals surface area contributed by atoms with E-state index in [0.717, 1.165) is 17.9 Å². The fourth-order valence-corrected chi connectivity index (χ4v) is 2.17. The van der Waals surface area contributed by atoms with E-state index in [0.29, 0.717) is 19.5 Å². The van der Waals surface area contributed by atoms with Gasteiger partial charge in [0.2, 0.25) is 0 Å². The first-order chi connectivity index (χ1) is 8.60. The summed E-state index contributed by atoms with van der Waals surface area (Å²) in [4.78, 5) is 12.5. The van der Waals surface area contributed by atoms with Gasteiger partial charge in [0.25, 0.3) is 5.69 Å². The molecule has 0 saturated carbocycles. The lowest BCUT2D eigenvalue weighted by Crippen LogP contribution is -2.21. The van der Waals surface area contributed by atoms with Gasteiger partial charge in [-0.3, -0.25) is 10.1 Å². The molecule has 1 aromatic carbocycles. The SMILES string of the molecule is CCNc1cc(N2CCC(O)C2)cc([N+](=O)[O-])c1. The number of anilines is 2. The van der Waals surface area contributed by atoms with Gasteiger partial charge >= 0.3 is 0 Å². The molecule has 98 valence electrons. The minimum atomic E-state index is -0.392. The zero-order valence-electron chi connectivity index (χ0n) is 10.3. The van der Waals surface area contributed by atoms with E-state index in [4.69, 9.17) is 0 Å². The summed E-state index contributed by atoms with van der Waals surface area (Å²) in [5, 5.41) is 23.5. The molecule has 1 heterocycles. The van der Waals surface area contributed by atoms with Gasteiger partial charge in [-0.15, -0.1) is 0 Å². The maximum absolute atomic E-state index is 10.9. The lowest BCUT2D eigenvalue weighted by molar-refractivity contribution is -0.384. The standard InChI is InChI=1S/C12H17N3O3/c1-2-13-9-5-10(7-11(6-9)15(17)18)14-4-3-12(16)8-14/h5-7,12-13,16H,2-4,8H2,1H3. The highest BCUT2D eigenvalue weighted by atomic mass is 16.6. The number of hydrogen-bond acceptors (Lipinski definition) is 5. The zero-order valence-corrected chi connectivity index (χ0v) is 10.3. The molecule has 0 spiro atoms. The van der Waals surface area contributed by atoms with Crippen molar-refractivity contribution in [3.63, 3.8) is 0 Å². The highest BCUT2D eigenvalue weighted by Crippen LogP contribution is 2.29. The smallest absolute Gasteiger partial charge is 0.273 e. The number of rotatable bonds is 4. The molecule has 0 amide bonds. The zero-order chi connectivity index (χ0) is 13.1. The van der Waals surface area contributed by atoms with Crippen molar-refractivity contribution in [3.05, 3.63) is 28.3 Å². The second-order valence-electron chi connectivity index (χ2n) is 4.41. The number of aliphatic hydroxyl groups excluding tert-OH is 1. The highest BCUT2D eigenvalue weighted by Gasteiger charge is 2.22. The third-order valence-electron chi connectivity index (χ3n) is 3.02. The summed E-state index contributed by atoms with van der Waals surface area (Å²) in [6.45, 7) is 3.92. The minimum absolute atomic E-state index is 0.0739. The quantitative estimate of drug-likeness (QED) is 0.627. The van der Waals surface area contributed by atoms with Crippen LogP contribution in [0.2, 0.25) is 0 Å². The number of nitrogens with zero attached hydrogens (tertiary/aromatic N) is 2. The van der Waals surface area contributed by atoms with Crippen LogP contribution in [0, 0.1) is 10.1 Å². The van der Waals surface area contributed by atoms with Crippen molar-refractivity contribution in [2.75, 3.05) is 29.9 Å². The summed E-state index contributed by atoms with van der Waals surface area (Å²) in [6.07, 6.45) is 0.367. The van der Waals surface area contributed by atoms with E-state index in [1.54, 1.807) is 6.07 Å². The Kier molecular flexibility index (Phi) is 3.66. The van der Waals surface area contributed by atoms with Gasteiger partial charge in [0.1, 0.15) is 0 Å². The van der Waals surface area contributed by atoms with E-state index >= 15 is 0 Å². The van der Waals surface area contributed by atoms with Gasteiger partial charge in [0, 0.05) is 43.1 Å². The van der Waals surface area contributed by atoms with Gasteiger partial charge in [-0.1, -0.05) is 0 Å². The van der Waals surface area contributed by atoms with Gasteiger partial charge in [-0.2, -0.15) is 0 Å². The Balaban J connectivity index is 2.30. The average molecular weight is 251 g/mol. The second-order valence-corrected chi connectivity index (χ2v) is 4.41. The molecule has 6 heteroatoms. The molecule has 0 aromatic heterocycles. The van der Waals surface area contributed by atoms with E-state index in [-0.39, 0.29) is 11.8 Å². The maximum atomic E-state index is 10.9. The van der Waals surface area contributed by atoms with Gasteiger partial charge in [0.05, 0.1) is 11.0 Å². The summed E-state index contributed by atoms with van der Waals surface area (Å²) in [6, 6.07) is 4.97. The van der Waals surface area contributed by atoms with E-state index in [2.05, 4.69) is 5.32 Å². The van der Waals surface area contributed by atoms with Crippen molar-refractivity contribution in [2.45, 2.75) is 19.4 Å². The largest absolute Gasteiger partial charge is 0.391 e. The number of β-amino-alcohol motifs (C(OH)–C–C–N with tert-alkyl or cyclic N) is 1. The Morgan fingerprint density at radius 2 is 2.33 bits per heavy atom. The third-order valence-corrected chi connectivity index (χ3v) is 3.02. The molecule has 2 N–H and O–H groups in total. The number of nitro benzene ring substituents is 1. The molecule has 1 fully saturated rings. The molecule has 18 heavy (non-hydrogen) atoms. The van der Waals surface area contributed by atoms with E-state index in [1.807, 2.05) is 17.9 Å². The van der Waals surface area contributed by atoms with Crippen LogP contribution >= 0.6 is 0 Å². The van der Waals surface area contributed by atoms with E-state index < -0.39 is 4.92 Å². The van der Waals surface area contributed by atoms with E-state index in [1.165, 1.54) is 6.07 Å². The fraction of sp³-hybridized carbons (Fsp3) is 0.500. The maximum Gasteiger partial charge on any atom is 0.273 e. The Labute approximate surface area is 105 Å². The Morgan fingerprint density at radius 1 is 1.56 bits per heavy atom. The van der Waals surface area contributed by atoms with Gasteiger partial charge in [-0.05, 0) is 19.4 Å². The fourth-order valence-electron chi connectivity index (χ4n) is 2.17. The molecular weight excluding hydrogens is 234 g/mol. The van der Waals surface area contributed by atoms with Gasteiger partial charge < -0.3 is 15.3 Å². The molecule has 2 rings (SSSR count).